The number of nitrogens with two attached hydrogens (primary N) is 1. The molecule has 12 heavy (non-hydrogen) atoms. The van der Waals surface area contributed by atoms with Crippen molar-refractivity contribution in [3.8, 4) is 0 Å². The van der Waals surface area contributed by atoms with Crippen molar-refractivity contribution in [3.05, 3.63) is 0 Å². The first-order chi connectivity index (χ1) is 5.48. The Kier molecular flexibility index (Phi) is 6.20. The molecule has 0 aliphatic carbocycles. The molecule has 0 spiro atoms. The minimum absolute atomic E-state index is 0.0772. The van der Waals surface area contributed by atoms with Gasteiger partial charge in [0.15, 0.2) is 0 Å². The number of unbranched alkanes of at least 4 members (excludes halogenated alkanes) is 3. The first kappa shape index (κ1) is 12.4. The van der Waals surface area contributed by atoms with Gasteiger partial charge in [0.2, 0.25) is 0 Å². The summed E-state index contributed by atoms with van der Waals surface area (Å²) in [6, 6.07) is 0. The molecule has 0 aromatic carbocycles. The van der Waals surface area contributed by atoms with Gasteiger partial charge in [-0.05, 0) is 20.3 Å². The second kappa shape index (κ2) is 5.98. The van der Waals surface area contributed by atoms with E-state index in [0.29, 0.717) is 4.83 Å². The number of rotatable bonds is 6. The van der Waals surface area contributed by atoms with Crippen molar-refractivity contribution in [2.24, 2.45) is 5.73 Å². The summed E-state index contributed by atoms with van der Waals surface area (Å²) < 4.78 is 0. The van der Waals surface area contributed by atoms with Crippen LogP contribution in [-0.2, 0) is 0 Å². The lowest BCUT2D eigenvalue weighted by molar-refractivity contribution is 0.463. The third kappa shape index (κ3) is 6.01. The largest absolute Gasteiger partial charge is 0.325 e. The van der Waals surface area contributed by atoms with Gasteiger partial charge in [0.25, 0.3) is 0 Å². The Bertz CT molecular complexity index is 107. The van der Waals surface area contributed by atoms with Crippen LogP contribution in [0.2, 0.25) is 0 Å². The van der Waals surface area contributed by atoms with Crippen LogP contribution in [0, 0.1) is 0 Å². The van der Waals surface area contributed by atoms with Gasteiger partial charge in [0.05, 0.1) is 0 Å². The minimum Gasteiger partial charge on any atom is -0.325 e. The highest BCUT2D eigenvalue weighted by molar-refractivity contribution is 9.09. The van der Waals surface area contributed by atoms with Crippen molar-refractivity contribution < 1.29 is 0 Å². The first-order valence-electron chi connectivity index (χ1n) is 4.91. The molecular formula is C10H22BrN. The molecule has 0 aromatic rings. The van der Waals surface area contributed by atoms with Crippen LogP contribution in [0.4, 0.5) is 0 Å². The summed E-state index contributed by atoms with van der Waals surface area (Å²) >= 11 is 3.63. The molecule has 0 aliphatic rings. The standard InChI is InChI=1S/C10H22BrN/c1-4-5-6-7-8-9(11)10(2,3)12/h9H,4-8,12H2,1-3H3. The van der Waals surface area contributed by atoms with Gasteiger partial charge in [-0.15, -0.1) is 0 Å². The van der Waals surface area contributed by atoms with E-state index in [0.717, 1.165) is 0 Å². The lowest BCUT2D eigenvalue weighted by Gasteiger charge is -2.25. The van der Waals surface area contributed by atoms with Crippen LogP contribution in [0.25, 0.3) is 0 Å². The number of alkyl halides is 1. The maximum absolute atomic E-state index is 5.95. The average molecular weight is 236 g/mol. The Morgan fingerprint density at radius 1 is 1.25 bits per heavy atom. The Labute approximate surface area is 85.2 Å². The van der Waals surface area contributed by atoms with Crippen molar-refractivity contribution in [1.82, 2.24) is 0 Å². The number of halogens is 1. The highest BCUT2D eigenvalue weighted by atomic mass is 79.9. The van der Waals surface area contributed by atoms with Crippen LogP contribution >= 0.6 is 15.9 Å². The molecule has 0 saturated carbocycles. The number of hydrogen-bond donors (Lipinski definition) is 1. The molecular weight excluding hydrogens is 214 g/mol. The Hall–Kier alpha value is 0.440. The second-order valence-electron chi connectivity index (χ2n) is 4.14. The SMILES string of the molecule is CCCCCCC(Br)C(C)(C)N. The van der Waals surface area contributed by atoms with Crippen LogP contribution in [0.1, 0.15) is 52.9 Å². The van der Waals surface area contributed by atoms with E-state index in [1.165, 1.54) is 32.1 Å². The van der Waals surface area contributed by atoms with E-state index in [9.17, 15) is 0 Å². The van der Waals surface area contributed by atoms with Gasteiger partial charge in [0.1, 0.15) is 0 Å². The summed E-state index contributed by atoms with van der Waals surface area (Å²) in [7, 11) is 0. The molecule has 0 saturated heterocycles. The monoisotopic (exact) mass is 235 g/mol. The van der Waals surface area contributed by atoms with E-state index >= 15 is 0 Å². The highest BCUT2D eigenvalue weighted by Gasteiger charge is 2.21. The fourth-order valence-corrected chi connectivity index (χ4v) is 1.45. The Balaban J connectivity index is 3.38. The predicted molar refractivity (Wildman–Crippen MR) is 59.7 cm³/mol. The van der Waals surface area contributed by atoms with E-state index in [1.54, 1.807) is 0 Å². The topological polar surface area (TPSA) is 26.0 Å². The summed E-state index contributed by atoms with van der Waals surface area (Å²) in [6.45, 7) is 6.39. The average Bonchev–Trinajstić information content (AvgIpc) is 1.96. The molecule has 1 atom stereocenters. The van der Waals surface area contributed by atoms with Crippen LogP contribution < -0.4 is 5.73 Å². The van der Waals surface area contributed by atoms with Crippen LogP contribution in [0.15, 0.2) is 0 Å². The number of hydrogen-bond acceptors (Lipinski definition) is 1. The van der Waals surface area contributed by atoms with E-state index in [1.807, 2.05) is 0 Å². The summed E-state index contributed by atoms with van der Waals surface area (Å²) in [6.07, 6.45) is 6.49. The summed E-state index contributed by atoms with van der Waals surface area (Å²) in [5.41, 5.74) is 5.87. The van der Waals surface area contributed by atoms with Crippen molar-refractivity contribution in [2.75, 3.05) is 0 Å². The molecule has 0 radical (unpaired) electrons. The Morgan fingerprint density at radius 2 is 1.83 bits per heavy atom. The zero-order chi connectivity index (χ0) is 9.61. The highest BCUT2D eigenvalue weighted by Crippen LogP contribution is 2.21. The molecule has 0 bridgehead atoms. The van der Waals surface area contributed by atoms with Crippen molar-refractivity contribution in [3.63, 3.8) is 0 Å². The third-order valence-electron chi connectivity index (χ3n) is 2.12. The van der Waals surface area contributed by atoms with Gasteiger partial charge in [-0.3, -0.25) is 0 Å². The zero-order valence-electron chi connectivity index (χ0n) is 8.57. The normalized spacial score (nSPS) is 14.8. The lowest BCUT2D eigenvalue weighted by Crippen LogP contribution is -2.41. The minimum atomic E-state index is -0.0772. The van der Waals surface area contributed by atoms with Crippen molar-refractivity contribution in [2.45, 2.75) is 63.2 Å². The zero-order valence-corrected chi connectivity index (χ0v) is 10.2. The van der Waals surface area contributed by atoms with Gasteiger partial charge in [-0.25, -0.2) is 0 Å². The van der Waals surface area contributed by atoms with Gasteiger partial charge >= 0.3 is 0 Å². The summed E-state index contributed by atoms with van der Waals surface area (Å²) in [5, 5.41) is 0. The molecule has 0 aromatic heterocycles. The molecule has 1 nitrogen and oxygen atoms in total. The smallest absolute Gasteiger partial charge is 0.0320 e. The van der Waals surface area contributed by atoms with Gasteiger partial charge in [-0.2, -0.15) is 0 Å². The fraction of sp³-hybridized carbons (Fsp3) is 1.00. The molecule has 0 heterocycles. The molecule has 1 unspecified atom stereocenters. The second-order valence-corrected chi connectivity index (χ2v) is 5.24. The van der Waals surface area contributed by atoms with Gasteiger partial charge in [-0.1, -0.05) is 48.5 Å². The van der Waals surface area contributed by atoms with Crippen LogP contribution in [0.5, 0.6) is 0 Å². The lowest BCUT2D eigenvalue weighted by atomic mass is 9.97. The van der Waals surface area contributed by atoms with Crippen molar-refractivity contribution >= 4 is 15.9 Å². The van der Waals surface area contributed by atoms with Crippen LogP contribution in [-0.4, -0.2) is 10.4 Å². The predicted octanol–water partition coefficient (Wildman–Crippen LogP) is 3.46. The molecule has 0 fully saturated rings. The Morgan fingerprint density at radius 3 is 2.25 bits per heavy atom. The summed E-state index contributed by atoms with van der Waals surface area (Å²) in [5.74, 6) is 0. The van der Waals surface area contributed by atoms with E-state index < -0.39 is 0 Å². The van der Waals surface area contributed by atoms with Gasteiger partial charge in [0, 0.05) is 10.4 Å². The molecule has 0 rings (SSSR count). The molecule has 74 valence electrons. The molecule has 0 aliphatic heterocycles. The fourth-order valence-electron chi connectivity index (χ4n) is 1.12. The summed E-state index contributed by atoms with van der Waals surface area (Å²) in [4.78, 5) is 0.460. The van der Waals surface area contributed by atoms with Gasteiger partial charge < -0.3 is 5.73 Å². The third-order valence-corrected chi connectivity index (χ3v) is 3.76. The van der Waals surface area contributed by atoms with Crippen molar-refractivity contribution in [1.29, 1.82) is 0 Å². The molecule has 0 amide bonds. The maximum atomic E-state index is 5.95. The molecule has 2 heteroatoms. The van der Waals surface area contributed by atoms with E-state index in [-0.39, 0.29) is 5.54 Å². The van der Waals surface area contributed by atoms with E-state index in [2.05, 4.69) is 36.7 Å². The maximum Gasteiger partial charge on any atom is 0.0320 e. The quantitative estimate of drug-likeness (QED) is 0.554. The van der Waals surface area contributed by atoms with E-state index in [4.69, 9.17) is 5.73 Å². The molecule has 2 N–H and O–H groups in total. The first-order valence-corrected chi connectivity index (χ1v) is 5.83. The van der Waals surface area contributed by atoms with Crippen LogP contribution in [0.3, 0.4) is 0 Å².